The SMILES string of the molecule is C=c1ccc2c(c1)Oc1cc(C(CC)CC)ccc1C=2c1ccc(S(=O)(=O)NCCNc2nc(NCCNS(=O)(=O)c3ccc(C4=c5ccc(=C)cc5Oc5cc(N(CC)CC)ccc54)c(S(=O)(=O)O)c3)nc(Nc3cc(S(=O)(=O)O)ccc3S(=O)(=O)O)n2)cc1S(=O)(=O)O. The first-order chi connectivity index (χ1) is 44.7. The average molecular weight is 1410 g/mol. The first kappa shape index (κ1) is 69.1. The predicted molar refractivity (Wildman–Crippen MR) is 355 cm³/mol. The number of benzene rings is 7. The molecule has 2 aliphatic rings. The first-order valence-corrected chi connectivity index (χ1v) is 37.8. The number of nitrogens with one attached hydrogen (secondary N) is 5. The normalized spacial score (nSPS) is 13.2. The second-order valence-corrected chi connectivity index (χ2v) is 30.8. The molecule has 2 aliphatic heterocycles. The van der Waals surface area contributed by atoms with Crippen LogP contribution >= 0.6 is 0 Å². The molecule has 0 unspecified atom stereocenters. The zero-order chi connectivity index (χ0) is 68.7. The smallest absolute Gasteiger partial charge is 0.296 e. The van der Waals surface area contributed by atoms with Crippen molar-refractivity contribution >= 4 is 114 Å². The maximum Gasteiger partial charge on any atom is 0.296 e. The van der Waals surface area contributed by atoms with Crippen molar-refractivity contribution in [2.75, 3.05) is 60.1 Å². The van der Waals surface area contributed by atoms with Crippen molar-refractivity contribution in [1.29, 1.82) is 0 Å². The van der Waals surface area contributed by atoms with E-state index in [-0.39, 0.29) is 30.1 Å². The Morgan fingerprint density at radius 2 is 0.884 bits per heavy atom. The van der Waals surface area contributed by atoms with Crippen LogP contribution in [-0.4, -0.2) is 123 Å². The molecular weight excluding hydrogens is 1350 g/mol. The van der Waals surface area contributed by atoms with Crippen LogP contribution in [0.25, 0.3) is 24.3 Å². The summed E-state index contributed by atoms with van der Waals surface area (Å²) in [4.78, 5) is 10.2. The van der Waals surface area contributed by atoms with E-state index < -0.39 is 127 Å². The minimum atomic E-state index is -5.16. The van der Waals surface area contributed by atoms with Crippen molar-refractivity contribution in [2.24, 2.45) is 0 Å². The molecule has 0 amide bonds. The van der Waals surface area contributed by atoms with Crippen LogP contribution < -0.4 is 60.6 Å². The largest absolute Gasteiger partial charge is 0.456 e. The minimum absolute atomic E-state index is 0.0396. The maximum absolute atomic E-state index is 14.0. The lowest BCUT2D eigenvalue weighted by Gasteiger charge is -2.26. The van der Waals surface area contributed by atoms with E-state index in [9.17, 15) is 68.7 Å². The van der Waals surface area contributed by atoms with Crippen molar-refractivity contribution in [3.8, 4) is 23.0 Å². The van der Waals surface area contributed by atoms with E-state index in [1.165, 1.54) is 12.1 Å². The third-order valence-corrected chi connectivity index (χ3v) is 22.1. The Morgan fingerprint density at radius 1 is 0.442 bits per heavy atom. The summed E-state index contributed by atoms with van der Waals surface area (Å²) in [5, 5.41) is 9.94. The van der Waals surface area contributed by atoms with Crippen LogP contribution in [0.15, 0.2) is 157 Å². The molecule has 0 saturated carbocycles. The van der Waals surface area contributed by atoms with E-state index >= 15 is 0 Å². The summed E-state index contributed by atoms with van der Waals surface area (Å²) >= 11 is 0. The number of fused-ring (bicyclic) bond motifs is 4. The number of aromatic nitrogens is 3. The van der Waals surface area contributed by atoms with Gasteiger partial charge in [0.15, 0.2) is 0 Å². The van der Waals surface area contributed by atoms with Gasteiger partial charge >= 0.3 is 0 Å². The van der Waals surface area contributed by atoms with E-state index in [2.05, 4.69) is 72.3 Å². The monoisotopic (exact) mass is 1410 g/mol. The van der Waals surface area contributed by atoms with Gasteiger partial charge < -0.3 is 30.3 Å². The van der Waals surface area contributed by atoms with Gasteiger partial charge in [-0.3, -0.25) is 18.2 Å². The molecule has 95 heavy (non-hydrogen) atoms. The fraction of sp³-hybridized carbons (Fsp3) is 0.210. The third-order valence-electron chi connectivity index (χ3n) is 15.6. The van der Waals surface area contributed by atoms with Crippen molar-refractivity contribution in [3.05, 3.63) is 176 Å². The number of rotatable bonds is 26. The van der Waals surface area contributed by atoms with E-state index in [1.54, 1.807) is 54.6 Å². The van der Waals surface area contributed by atoms with Gasteiger partial charge in [-0.2, -0.15) is 48.6 Å². The van der Waals surface area contributed by atoms with Crippen LogP contribution in [0.5, 0.6) is 23.0 Å². The minimum Gasteiger partial charge on any atom is -0.456 e. The molecule has 8 aromatic rings. The van der Waals surface area contributed by atoms with Crippen molar-refractivity contribution < 1.29 is 78.2 Å². The lowest BCUT2D eigenvalue weighted by molar-refractivity contribution is 0.469. The number of nitrogens with zero attached hydrogens (tertiary/aromatic N) is 4. The van der Waals surface area contributed by atoms with E-state index in [0.717, 1.165) is 48.4 Å². The molecule has 0 spiro atoms. The molecule has 500 valence electrons. The molecule has 0 saturated heterocycles. The van der Waals surface area contributed by atoms with Crippen LogP contribution in [0, 0.1) is 0 Å². The Hall–Kier alpha value is -8.71. The van der Waals surface area contributed by atoms with Crippen LogP contribution in [0.4, 0.5) is 29.2 Å². The molecule has 0 atom stereocenters. The maximum atomic E-state index is 14.0. The molecule has 33 heteroatoms. The summed E-state index contributed by atoms with van der Waals surface area (Å²) in [6.07, 6.45) is 1.67. The van der Waals surface area contributed by atoms with Gasteiger partial charge in [-0.1, -0.05) is 75.5 Å². The molecule has 1 aromatic heterocycles. The van der Waals surface area contributed by atoms with E-state index in [0.29, 0.717) is 97.4 Å². The standard InChI is InChI=1S/C62H63N9O18S6/c1-7-38(8-2)39-13-20-46-53(31-39)88-51-29-36(5)11-18-44(51)58(46)48-22-15-41(34-56(48)94(82,83)84)90(72,73)65-27-25-63-60-68-61(70-62(69-60)67-50-33-43(92(76,77)78)17-24-55(50)93(79,80)81)64-26-28-66-91(74,75)42-16-23-49(57(35-42)95(85,86)87)59-45-19-12-37(6)30-52(45)89-54-32-40(14-21-47(54)59)71(9-3)10-4/h11-24,29-35,38,65-66H,5-10,25-28H2,1-4H3,(H,76,77,78)(H,79,80,81)(H,82,83,84)(H,85,86,87)(H3,63,64,67,68,69,70). The topological polar surface area (TPSA) is 406 Å². The highest BCUT2D eigenvalue weighted by molar-refractivity contribution is 7.90. The number of anilines is 5. The number of hydrogen-bond donors (Lipinski definition) is 9. The first-order valence-electron chi connectivity index (χ1n) is 29.1. The van der Waals surface area contributed by atoms with Gasteiger partial charge in [0.05, 0.1) is 20.4 Å². The molecule has 0 radical (unpaired) electrons. The zero-order valence-corrected chi connectivity index (χ0v) is 55.9. The summed E-state index contributed by atoms with van der Waals surface area (Å²) in [5.41, 5.74) is 2.57. The van der Waals surface area contributed by atoms with Gasteiger partial charge in [0.1, 0.15) is 37.7 Å². The molecule has 3 heterocycles. The van der Waals surface area contributed by atoms with E-state index in [1.807, 2.05) is 32.0 Å². The van der Waals surface area contributed by atoms with Gasteiger partial charge in [-0.15, -0.1) is 0 Å². The fourth-order valence-electron chi connectivity index (χ4n) is 11.0. The summed E-state index contributed by atoms with van der Waals surface area (Å²) in [7, 11) is -29.7. The molecule has 7 aromatic carbocycles. The Bertz CT molecular complexity index is 5140. The van der Waals surface area contributed by atoms with Crippen molar-refractivity contribution in [3.63, 3.8) is 0 Å². The van der Waals surface area contributed by atoms with Gasteiger partial charge in [0.2, 0.25) is 37.9 Å². The lowest BCUT2D eigenvalue weighted by Crippen LogP contribution is -2.30. The Morgan fingerprint density at radius 3 is 1.34 bits per heavy atom. The Balaban J connectivity index is 0.905. The van der Waals surface area contributed by atoms with Crippen LogP contribution in [0.3, 0.4) is 0 Å². The molecule has 9 N–H and O–H groups in total. The summed E-state index contributed by atoms with van der Waals surface area (Å²) in [5.74, 6) is 0.220. The van der Waals surface area contributed by atoms with Gasteiger partial charge in [-0.25, -0.2) is 26.3 Å². The van der Waals surface area contributed by atoms with Crippen LogP contribution in [-0.2, 0) is 60.5 Å². The third kappa shape index (κ3) is 15.0. The van der Waals surface area contributed by atoms with Crippen LogP contribution in [0.1, 0.15) is 74.3 Å². The highest BCUT2D eigenvalue weighted by Gasteiger charge is 2.32. The molecule has 0 fully saturated rings. The molecule has 10 rings (SSSR count). The fourth-order valence-corrected chi connectivity index (χ4v) is 15.9. The van der Waals surface area contributed by atoms with Gasteiger partial charge in [0, 0.05) is 94.9 Å². The number of ether oxygens (including phenoxy) is 2. The predicted octanol–water partition coefficient (Wildman–Crippen LogP) is 5.66. The highest BCUT2D eigenvalue weighted by atomic mass is 32.2. The summed E-state index contributed by atoms with van der Waals surface area (Å²) < 4.78 is 217. The van der Waals surface area contributed by atoms with Crippen molar-refractivity contribution in [2.45, 2.75) is 75.8 Å². The molecule has 0 bridgehead atoms. The molecule has 27 nitrogen and oxygen atoms in total. The summed E-state index contributed by atoms with van der Waals surface area (Å²) in [6, 6.07) is 29.3. The number of sulfonamides is 2. The Labute approximate surface area is 548 Å². The van der Waals surface area contributed by atoms with Crippen molar-refractivity contribution in [1.82, 2.24) is 24.4 Å². The van der Waals surface area contributed by atoms with Gasteiger partial charge in [0.25, 0.3) is 40.5 Å². The van der Waals surface area contributed by atoms with Gasteiger partial charge in [-0.05, 0) is 121 Å². The highest BCUT2D eigenvalue weighted by Crippen LogP contribution is 2.43. The second-order valence-electron chi connectivity index (χ2n) is 21.7. The number of hydrogen-bond acceptors (Lipinski definition) is 21. The Kier molecular flexibility index (Phi) is 19.5. The van der Waals surface area contributed by atoms with E-state index in [4.69, 9.17) is 9.47 Å². The quantitative estimate of drug-likeness (QED) is 0.0233. The zero-order valence-electron chi connectivity index (χ0n) is 51.0. The average Bonchev–Trinajstić information content (AvgIpc) is 0.746. The van der Waals surface area contributed by atoms with Crippen LogP contribution in [0.2, 0.25) is 0 Å². The lowest BCUT2D eigenvalue weighted by atomic mass is 9.88. The molecule has 0 aliphatic carbocycles. The summed E-state index contributed by atoms with van der Waals surface area (Å²) in [6.45, 7) is 15.7. The second kappa shape index (κ2) is 26.8. The molecular formula is C62H63N9O18S6.